The van der Waals surface area contributed by atoms with Gasteiger partial charge in [0, 0.05) is 10.9 Å². The van der Waals surface area contributed by atoms with Gasteiger partial charge in [0.15, 0.2) is 5.69 Å². The van der Waals surface area contributed by atoms with Crippen molar-refractivity contribution in [3.63, 3.8) is 0 Å². The van der Waals surface area contributed by atoms with Crippen LogP contribution in [0.1, 0.15) is 24.3 Å². The molecule has 5 nitrogen and oxygen atoms in total. The minimum atomic E-state index is -0.408. The van der Waals surface area contributed by atoms with Crippen molar-refractivity contribution >= 4 is 23.0 Å². The first-order chi connectivity index (χ1) is 9.65. The largest absolute Gasteiger partial charge is 0.492 e. The molecule has 0 bridgehead atoms. The quantitative estimate of drug-likeness (QED) is 0.677. The van der Waals surface area contributed by atoms with Gasteiger partial charge in [0.05, 0.1) is 18.9 Å². The predicted molar refractivity (Wildman–Crippen MR) is 79.1 cm³/mol. The van der Waals surface area contributed by atoms with E-state index in [-0.39, 0.29) is 0 Å². The van der Waals surface area contributed by atoms with Crippen LogP contribution in [0.25, 0.3) is 10.6 Å². The number of nitrogens with zero attached hydrogens (tertiary/aromatic N) is 1. The zero-order valence-corrected chi connectivity index (χ0v) is 12.2. The smallest absolute Gasteiger partial charge is 0.357 e. The molecule has 106 valence electrons. The van der Waals surface area contributed by atoms with E-state index in [0.29, 0.717) is 30.3 Å². The SMILES string of the molecule is CCOC(=O)c1csc(-c2ccc(OCC)c(N)c2)n1. The summed E-state index contributed by atoms with van der Waals surface area (Å²) < 4.78 is 10.3. The lowest BCUT2D eigenvalue weighted by Gasteiger charge is -2.07. The normalized spacial score (nSPS) is 10.3. The topological polar surface area (TPSA) is 74.4 Å². The van der Waals surface area contributed by atoms with Crippen molar-refractivity contribution < 1.29 is 14.3 Å². The van der Waals surface area contributed by atoms with E-state index in [4.69, 9.17) is 15.2 Å². The van der Waals surface area contributed by atoms with Crippen LogP contribution in [-0.4, -0.2) is 24.2 Å². The Labute approximate surface area is 121 Å². The van der Waals surface area contributed by atoms with Gasteiger partial charge in [-0.1, -0.05) is 0 Å². The van der Waals surface area contributed by atoms with E-state index in [1.165, 1.54) is 11.3 Å². The Morgan fingerprint density at radius 3 is 2.80 bits per heavy atom. The zero-order chi connectivity index (χ0) is 14.5. The Morgan fingerprint density at radius 2 is 2.15 bits per heavy atom. The molecular formula is C14H16N2O3S. The number of esters is 1. The molecule has 20 heavy (non-hydrogen) atoms. The molecule has 0 radical (unpaired) electrons. The van der Waals surface area contributed by atoms with Gasteiger partial charge >= 0.3 is 5.97 Å². The van der Waals surface area contributed by atoms with Crippen LogP contribution < -0.4 is 10.5 Å². The Morgan fingerprint density at radius 1 is 1.35 bits per heavy atom. The molecule has 0 saturated carbocycles. The van der Waals surface area contributed by atoms with Crippen molar-refractivity contribution in [1.82, 2.24) is 4.98 Å². The molecule has 1 aromatic heterocycles. The third-order valence-electron chi connectivity index (χ3n) is 2.55. The number of hydrogen-bond donors (Lipinski definition) is 1. The molecule has 0 saturated heterocycles. The second kappa shape index (κ2) is 6.38. The van der Waals surface area contributed by atoms with Gasteiger partial charge in [-0.05, 0) is 32.0 Å². The highest BCUT2D eigenvalue weighted by atomic mass is 32.1. The van der Waals surface area contributed by atoms with Gasteiger partial charge < -0.3 is 15.2 Å². The van der Waals surface area contributed by atoms with E-state index in [9.17, 15) is 4.79 Å². The summed E-state index contributed by atoms with van der Waals surface area (Å²) in [6.07, 6.45) is 0. The Hall–Kier alpha value is -2.08. The van der Waals surface area contributed by atoms with Crippen molar-refractivity contribution in [2.45, 2.75) is 13.8 Å². The molecule has 2 aromatic rings. The highest BCUT2D eigenvalue weighted by Gasteiger charge is 2.13. The third kappa shape index (κ3) is 3.08. The Kier molecular flexibility index (Phi) is 4.57. The number of hydrogen-bond acceptors (Lipinski definition) is 6. The van der Waals surface area contributed by atoms with E-state index in [1.807, 2.05) is 13.0 Å². The molecule has 1 heterocycles. The second-order valence-electron chi connectivity index (χ2n) is 3.94. The number of carbonyl (C=O) groups is 1. The summed E-state index contributed by atoms with van der Waals surface area (Å²) in [5.74, 6) is 0.243. The molecule has 6 heteroatoms. The molecule has 0 fully saturated rings. The molecular weight excluding hydrogens is 276 g/mol. The van der Waals surface area contributed by atoms with E-state index in [2.05, 4.69) is 4.98 Å². The number of rotatable bonds is 5. The minimum Gasteiger partial charge on any atom is -0.492 e. The van der Waals surface area contributed by atoms with E-state index in [0.717, 1.165) is 10.6 Å². The fourth-order valence-electron chi connectivity index (χ4n) is 1.67. The lowest BCUT2D eigenvalue weighted by Crippen LogP contribution is -2.04. The van der Waals surface area contributed by atoms with Gasteiger partial charge in [-0.2, -0.15) is 0 Å². The Balaban J connectivity index is 2.24. The summed E-state index contributed by atoms with van der Waals surface area (Å²) in [7, 11) is 0. The number of anilines is 1. The van der Waals surface area contributed by atoms with Gasteiger partial charge in [0.25, 0.3) is 0 Å². The summed E-state index contributed by atoms with van der Waals surface area (Å²) in [5.41, 5.74) is 7.64. The molecule has 0 aliphatic heterocycles. The second-order valence-corrected chi connectivity index (χ2v) is 4.80. The number of nitrogens with two attached hydrogens (primary N) is 1. The molecule has 0 amide bonds. The van der Waals surface area contributed by atoms with Crippen LogP contribution >= 0.6 is 11.3 Å². The maximum Gasteiger partial charge on any atom is 0.357 e. The van der Waals surface area contributed by atoms with Crippen molar-refractivity contribution in [3.8, 4) is 16.3 Å². The number of thiazole rings is 1. The molecule has 0 unspecified atom stereocenters. The monoisotopic (exact) mass is 292 g/mol. The van der Waals surface area contributed by atoms with Crippen molar-refractivity contribution in [3.05, 3.63) is 29.3 Å². The van der Waals surface area contributed by atoms with E-state index in [1.54, 1.807) is 24.4 Å². The lowest BCUT2D eigenvalue weighted by atomic mass is 10.2. The first kappa shape index (κ1) is 14.3. The third-order valence-corrected chi connectivity index (χ3v) is 3.44. The summed E-state index contributed by atoms with van der Waals surface area (Å²) >= 11 is 1.38. The fraction of sp³-hybridized carbons (Fsp3) is 0.286. The van der Waals surface area contributed by atoms with Crippen LogP contribution in [0.15, 0.2) is 23.6 Å². The van der Waals surface area contributed by atoms with E-state index >= 15 is 0 Å². The van der Waals surface area contributed by atoms with E-state index < -0.39 is 5.97 Å². The van der Waals surface area contributed by atoms with Gasteiger partial charge in [0.1, 0.15) is 10.8 Å². The van der Waals surface area contributed by atoms with Gasteiger partial charge in [-0.25, -0.2) is 9.78 Å². The maximum atomic E-state index is 11.6. The molecule has 0 spiro atoms. The van der Waals surface area contributed by atoms with Crippen molar-refractivity contribution in [2.24, 2.45) is 0 Å². The van der Waals surface area contributed by atoms with Crippen LogP contribution in [0.4, 0.5) is 5.69 Å². The van der Waals surface area contributed by atoms with Crippen molar-refractivity contribution in [2.75, 3.05) is 18.9 Å². The first-order valence-electron chi connectivity index (χ1n) is 6.31. The van der Waals surface area contributed by atoms with Crippen LogP contribution in [0.3, 0.4) is 0 Å². The van der Waals surface area contributed by atoms with Crippen LogP contribution in [0.2, 0.25) is 0 Å². The van der Waals surface area contributed by atoms with Crippen LogP contribution in [-0.2, 0) is 4.74 Å². The molecule has 0 atom stereocenters. The number of aromatic nitrogens is 1. The van der Waals surface area contributed by atoms with Crippen LogP contribution in [0, 0.1) is 0 Å². The maximum absolute atomic E-state index is 11.6. The van der Waals surface area contributed by atoms with Gasteiger partial charge in [-0.3, -0.25) is 0 Å². The Bertz CT molecular complexity index is 610. The summed E-state index contributed by atoms with van der Waals surface area (Å²) in [6, 6.07) is 5.47. The standard InChI is InChI=1S/C14H16N2O3S/c1-3-18-12-6-5-9(7-10(12)15)13-16-11(8-20-13)14(17)19-4-2/h5-8H,3-4,15H2,1-2H3. The summed E-state index contributed by atoms with van der Waals surface area (Å²) in [6.45, 7) is 4.56. The minimum absolute atomic E-state index is 0.319. The molecule has 0 aliphatic rings. The van der Waals surface area contributed by atoms with Gasteiger partial charge in [0.2, 0.25) is 0 Å². The molecule has 1 aromatic carbocycles. The average Bonchev–Trinajstić information content (AvgIpc) is 2.91. The first-order valence-corrected chi connectivity index (χ1v) is 7.19. The molecule has 0 aliphatic carbocycles. The van der Waals surface area contributed by atoms with Gasteiger partial charge in [-0.15, -0.1) is 11.3 Å². The molecule has 2 N–H and O–H groups in total. The van der Waals surface area contributed by atoms with Crippen LogP contribution in [0.5, 0.6) is 5.75 Å². The average molecular weight is 292 g/mol. The summed E-state index contributed by atoms with van der Waals surface area (Å²) in [4.78, 5) is 15.8. The highest BCUT2D eigenvalue weighted by Crippen LogP contribution is 2.30. The number of benzene rings is 1. The lowest BCUT2D eigenvalue weighted by molar-refractivity contribution is 0.0520. The number of carbonyl (C=O) groups excluding carboxylic acids is 1. The number of nitrogen functional groups attached to an aromatic ring is 1. The fourth-order valence-corrected chi connectivity index (χ4v) is 2.46. The zero-order valence-electron chi connectivity index (χ0n) is 11.4. The summed E-state index contributed by atoms with van der Waals surface area (Å²) in [5, 5.41) is 2.41. The van der Waals surface area contributed by atoms with Crippen molar-refractivity contribution in [1.29, 1.82) is 0 Å². The highest BCUT2D eigenvalue weighted by molar-refractivity contribution is 7.13. The predicted octanol–water partition coefficient (Wildman–Crippen LogP) is 2.97. The molecule has 2 rings (SSSR count). The number of ether oxygens (including phenoxy) is 2.